The lowest BCUT2D eigenvalue weighted by Gasteiger charge is -2.17. The van der Waals surface area contributed by atoms with Crippen molar-refractivity contribution >= 4 is 9.84 Å². The van der Waals surface area contributed by atoms with Gasteiger partial charge in [-0.1, -0.05) is 12.1 Å². The molecule has 2 N–H and O–H groups in total. The van der Waals surface area contributed by atoms with Gasteiger partial charge in [0.25, 0.3) is 0 Å². The van der Waals surface area contributed by atoms with E-state index in [0.717, 1.165) is 11.1 Å². The third-order valence-electron chi connectivity index (χ3n) is 4.15. The average Bonchev–Trinajstić information content (AvgIpc) is 2.41. The Morgan fingerprint density at radius 1 is 0.773 bits per heavy atom. The monoisotopic (exact) mass is 320 g/mol. The predicted octanol–water partition coefficient (Wildman–Crippen LogP) is 3.47. The molecule has 0 fully saturated rings. The Hall–Kier alpha value is -2.01. The van der Waals surface area contributed by atoms with Crippen molar-refractivity contribution < 1.29 is 18.6 Å². The lowest BCUT2D eigenvalue weighted by Crippen LogP contribution is -2.09. The molecule has 0 aliphatic carbocycles. The van der Waals surface area contributed by atoms with Gasteiger partial charge in [-0.05, 0) is 68.5 Å². The summed E-state index contributed by atoms with van der Waals surface area (Å²) in [5.74, 6) is -0.565. The van der Waals surface area contributed by atoms with Crippen LogP contribution in [0.4, 0.5) is 0 Å². The van der Waals surface area contributed by atoms with Crippen LogP contribution in [0.1, 0.15) is 27.8 Å². The van der Waals surface area contributed by atoms with Crippen LogP contribution in [0.5, 0.6) is 11.5 Å². The zero-order valence-electron chi connectivity index (χ0n) is 13.4. The Balaban J connectivity index is 2.93. The maximum atomic E-state index is 13.1. The van der Waals surface area contributed by atoms with E-state index in [1.54, 1.807) is 46.8 Å². The minimum atomic E-state index is -4.03. The van der Waals surface area contributed by atoms with E-state index in [0.29, 0.717) is 16.7 Å². The molecule has 5 heteroatoms. The maximum Gasteiger partial charge on any atom is 0.214 e. The molecular weight excluding hydrogens is 300 g/mol. The smallest absolute Gasteiger partial charge is 0.214 e. The third kappa shape index (κ3) is 2.35. The van der Waals surface area contributed by atoms with E-state index in [-0.39, 0.29) is 21.3 Å². The summed E-state index contributed by atoms with van der Waals surface area (Å²) in [7, 11) is -4.03. The van der Waals surface area contributed by atoms with Gasteiger partial charge in [-0.2, -0.15) is 0 Å². The second-order valence-corrected chi connectivity index (χ2v) is 7.50. The predicted molar refractivity (Wildman–Crippen MR) is 85.4 cm³/mol. The maximum absolute atomic E-state index is 13.1. The normalized spacial score (nSPS) is 11.7. The SMILES string of the molecule is Cc1ccc(O)c(S(=O)(=O)c2c(C)c(C)cc(C)c2O)c1C. The first-order valence-electron chi connectivity index (χ1n) is 6.93. The van der Waals surface area contributed by atoms with Crippen molar-refractivity contribution in [2.45, 2.75) is 44.4 Å². The van der Waals surface area contributed by atoms with Crippen LogP contribution < -0.4 is 0 Å². The Bertz CT molecular complexity index is 839. The van der Waals surface area contributed by atoms with Gasteiger partial charge in [0.2, 0.25) is 9.84 Å². The van der Waals surface area contributed by atoms with Gasteiger partial charge in [-0.15, -0.1) is 0 Å². The summed E-state index contributed by atoms with van der Waals surface area (Å²) < 4.78 is 26.1. The van der Waals surface area contributed by atoms with Crippen molar-refractivity contribution in [1.82, 2.24) is 0 Å². The lowest BCUT2D eigenvalue weighted by molar-refractivity contribution is 0.448. The molecule has 0 radical (unpaired) electrons. The highest BCUT2D eigenvalue weighted by atomic mass is 32.2. The number of hydrogen-bond donors (Lipinski definition) is 2. The van der Waals surface area contributed by atoms with Crippen LogP contribution in [0.25, 0.3) is 0 Å². The van der Waals surface area contributed by atoms with Crippen molar-refractivity contribution in [2.24, 2.45) is 0 Å². The van der Waals surface area contributed by atoms with E-state index in [4.69, 9.17) is 0 Å². The first-order valence-corrected chi connectivity index (χ1v) is 8.41. The second-order valence-electron chi connectivity index (χ2n) is 5.67. The highest BCUT2D eigenvalue weighted by Gasteiger charge is 2.30. The molecule has 22 heavy (non-hydrogen) atoms. The third-order valence-corrected chi connectivity index (χ3v) is 6.24. The molecule has 2 aromatic rings. The molecule has 0 saturated carbocycles. The van der Waals surface area contributed by atoms with Crippen molar-refractivity contribution in [1.29, 1.82) is 0 Å². The van der Waals surface area contributed by atoms with Crippen LogP contribution >= 0.6 is 0 Å². The number of hydrogen-bond acceptors (Lipinski definition) is 4. The average molecular weight is 320 g/mol. The molecule has 118 valence electrons. The quantitative estimate of drug-likeness (QED) is 0.888. The Labute approximate surface area is 131 Å². The van der Waals surface area contributed by atoms with Gasteiger partial charge in [0.05, 0.1) is 0 Å². The molecule has 0 heterocycles. The van der Waals surface area contributed by atoms with E-state index in [1.165, 1.54) is 6.07 Å². The van der Waals surface area contributed by atoms with Crippen molar-refractivity contribution in [3.8, 4) is 11.5 Å². The number of benzene rings is 2. The highest BCUT2D eigenvalue weighted by Crippen LogP contribution is 2.40. The lowest BCUT2D eigenvalue weighted by atomic mass is 10.1. The van der Waals surface area contributed by atoms with Crippen molar-refractivity contribution in [2.75, 3.05) is 0 Å². The zero-order chi connectivity index (χ0) is 16.8. The van der Waals surface area contributed by atoms with Crippen LogP contribution in [-0.2, 0) is 9.84 Å². The van der Waals surface area contributed by atoms with Crippen molar-refractivity contribution in [3.63, 3.8) is 0 Å². The Morgan fingerprint density at radius 2 is 1.32 bits per heavy atom. The number of sulfone groups is 1. The number of phenolic OH excluding ortho intramolecular Hbond substituents is 2. The minimum absolute atomic E-state index is 0.131. The molecule has 4 nitrogen and oxygen atoms in total. The van der Waals surface area contributed by atoms with Gasteiger partial charge < -0.3 is 10.2 Å². The number of aromatic hydroxyl groups is 2. The number of phenols is 2. The van der Waals surface area contributed by atoms with Crippen LogP contribution in [0.3, 0.4) is 0 Å². The van der Waals surface area contributed by atoms with E-state index >= 15 is 0 Å². The fourth-order valence-electron chi connectivity index (χ4n) is 2.58. The van der Waals surface area contributed by atoms with E-state index in [1.807, 2.05) is 0 Å². The van der Waals surface area contributed by atoms with Gasteiger partial charge in [-0.3, -0.25) is 0 Å². The largest absolute Gasteiger partial charge is 0.507 e. The molecule has 0 aliphatic heterocycles. The number of aryl methyl sites for hydroxylation is 3. The van der Waals surface area contributed by atoms with Crippen LogP contribution in [0, 0.1) is 34.6 Å². The zero-order valence-corrected chi connectivity index (χ0v) is 14.2. The van der Waals surface area contributed by atoms with Gasteiger partial charge in [0, 0.05) is 0 Å². The summed E-state index contributed by atoms with van der Waals surface area (Å²) in [5, 5.41) is 20.4. The minimum Gasteiger partial charge on any atom is -0.507 e. The topological polar surface area (TPSA) is 74.6 Å². The molecule has 0 aromatic heterocycles. The summed E-state index contributed by atoms with van der Waals surface area (Å²) in [6.45, 7) is 8.54. The summed E-state index contributed by atoms with van der Waals surface area (Å²) >= 11 is 0. The first kappa shape index (κ1) is 16.4. The van der Waals surface area contributed by atoms with Crippen LogP contribution in [0.2, 0.25) is 0 Å². The summed E-state index contributed by atoms with van der Waals surface area (Å²) in [6, 6.07) is 4.77. The van der Waals surface area contributed by atoms with Crippen LogP contribution in [-0.4, -0.2) is 18.6 Å². The summed E-state index contributed by atoms with van der Waals surface area (Å²) in [5.41, 5.74) is 3.00. The standard InChI is InChI=1S/C17H20O4S/c1-9-6-7-14(18)16(12(9)4)22(20,21)17-13(5)10(2)8-11(3)15(17)19/h6-8,18-19H,1-5H3. The fourth-order valence-corrected chi connectivity index (χ4v) is 4.67. The fraction of sp³-hybridized carbons (Fsp3) is 0.294. The van der Waals surface area contributed by atoms with E-state index < -0.39 is 9.84 Å². The summed E-state index contributed by atoms with van der Waals surface area (Å²) in [6.07, 6.45) is 0. The Morgan fingerprint density at radius 3 is 1.91 bits per heavy atom. The molecule has 0 aliphatic rings. The number of rotatable bonds is 2. The van der Waals surface area contributed by atoms with Gasteiger partial charge in [-0.25, -0.2) is 8.42 Å². The molecule has 2 rings (SSSR count). The molecule has 0 bridgehead atoms. The van der Waals surface area contributed by atoms with E-state index in [2.05, 4.69) is 0 Å². The molecule has 0 saturated heterocycles. The molecule has 0 atom stereocenters. The van der Waals surface area contributed by atoms with Gasteiger partial charge in [0.15, 0.2) is 0 Å². The molecule has 0 unspecified atom stereocenters. The highest BCUT2D eigenvalue weighted by molar-refractivity contribution is 7.91. The second kappa shape index (κ2) is 5.32. The molecule has 0 amide bonds. The van der Waals surface area contributed by atoms with Crippen molar-refractivity contribution in [3.05, 3.63) is 46.0 Å². The molecule has 2 aromatic carbocycles. The van der Waals surface area contributed by atoms with E-state index in [9.17, 15) is 18.6 Å². The molecule has 0 spiro atoms. The van der Waals surface area contributed by atoms with Gasteiger partial charge in [0.1, 0.15) is 21.3 Å². The molecular formula is C17H20O4S. The van der Waals surface area contributed by atoms with Gasteiger partial charge >= 0.3 is 0 Å². The summed E-state index contributed by atoms with van der Waals surface area (Å²) in [4.78, 5) is -0.273. The van der Waals surface area contributed by atoms with Crippen LogP contribution in [0.15, 0.2) is 28.0 Å². The first-order chi connectivity index (χ1) is 10.1. The Kier molecular flexibility index (Phi) is 3.96.